The molecule has 0 aromatic carbocycles. The molecular weight excluding hydrogens is 212 g/mol. The molecule has 2 aromatic rings. The van der Waals surface area contributed by atoms with Crippen LogP contribution in [0.3, 0.4) is 0 Å². The van der Waals surface area contributed by atoms with Crippen molar-refractivity contribution < 1.29 is 0 Å². The smallest absolute Gasteiger partial charge is 0.0522 e. The third-order valence-corrected chi connectivity index (χ3v) is 2.82. The van der Waals surface area contributed by atoms with Gasteiger partial charge >= 0.3 is 0 Å². The molecule has 0 fully saturated rings. The van der Waals surface area contributed by atoms with Gasteiger partial charge in [-0.3, -0.25) is 9.67 Å². The lowest BCUT2D eigenvalue weighted by atomic mass is 10.0. The van der Waals surface area contributed by atoms with Gasteiger partial charge in [0.15, 0.2) is 0 Å². The van der Waals surface area contributed by atoms with Crippen LogP contribution in [0, 0.1) is 6.92 Å². The molecule has 4 heteroatoms. The second-order valence-corrected chi connectivity index (χ2v) is 4.25. The summed E-state index contributed by atoms with van der Waals surface area (Å²) in [6.07, 6.45) is 6.55. The van der Waals surface area contributed by atoms with Crippen molar-refractivity contribution in [2.24, 2.45) is 5.73 Å². The van der Waals surface area contributed by atoms with E-state index < -0.39 is 0 Å². The molecule has 0 bridgehead atoms. The fraction of sp³-hybridized carbons (Fsp3) is 0.385. The van der Waals surface area contributed by atoms with Gasteiger partial charge < -0.3 is 5.73 Å². The highest BCUT2D eigenvalue weighted by atomic mass is 15.3. The van der Waals surface area contributed by atoms with E-state index in [9.17, 15) is 0 Å². The Labute approximate surface area is 101 Å². The second-order valence-electron chi connectivity index (χ2n) is 4.25. The molecule has 0 aliphatic heterocycles. The van der Waals surface area contributed by atoms with Crippen LogP contribution < -0.4 is 5.73 Å². The average Bonchev–Trinajstić information content (AvgIpc) is 2.77. The monoisotopic (exact) mass is 230 g/mol. The standard InChI is InChI=1S/C13H18N4/c1-3-17-9-11(8-16-17)7-13(14)12-4-5-15-10(2)6-12/h4-6,8-9,13H,3,7,14H2,1-2H3. The van der Waals surface area contributed by atoms with Crippen LogP contribution in [0.2, 0.25) is 0 Å². The van der Waals surface area contributed by atoms with Crippen molar-refractivity contribution in [3.8, 4) is 0 Å². The van der Waals surface area contributed by atoms with Gasteiger partial charge in [-0.25, -0.2) is 0 Å². The lowest BCUT2D eigenvalue weighted by molar-refractivity contribution is 0.657. The summed E-state index contributed by atoms with van der Waals surface area (Å²) in [4.78, 5) is 4.17. The van der Waals surface area contributed by atoms with Gasteiger partial charge in [-0.1, -0.05) is 0 Å². The first-order chi connectivity index (χ1) is 8.19. The summed E-state index contributed by atoms with van der Waals surface area (Å²) >= 11 is 0. The average molecular weight is 230 g/mol. The van der Waals surface area contributed by atoms with E-state index in [2.05, 4.69) is 17.0 Å². The topological polar surface area (TPSA) is 56.7 Å². The predicted octanol–water partition coefficient (Wildman–Crippen LogP) is 1.85. The van der Waals surface area contributed by atoms with Gasteiger partial charge in [-0.05, 0) is 43.5 Å². The summed E-state index contributed by atoms with van der Waals surface area (Å²) in [5.74, 6) is 0. The third-order valence-electron chi connectivity index (χ3n) is 2.82. The van der Waals surface area contributed by atoms with E-state index in [0.29, 0.717) is 0 Å². The minimum atomic E-state index is 0.00575. The van der Waals surface area contributed by atoms with Crippen molar-refractivity contribution >= 4 is 0 Å². The minimum absolute atomic E-state index is 0.00575. The fourth-order valence-electron chi connectivity index (χ4n) is 1.85. The van der Waals surface area contributed by atoms with E-state index >= 15 is 0 Å². The van der Waals surface area contributed by atoms with Crippen LogP contribution in [-0.4, -0.2) is 14.8 Å². The van der Waals surface area contributed by atoms with Crippen molar-refractivity contribution in [3.05, 3.63) is 47.5 Å². The highest BCUT2D eigenvalue weighted by molar-refractivity contribution is 5.21. The van der Waals surface area contributed by atoms with Gasteiger partial charge in [0.2, 0.25) is 0 Å². The zero-order chi connectivity index (χ0) is 12.3. The maximum Gasteiger partial charge on any atom is 0.0522 e. The van der Waals surface area contributed by atoms with E-state index in [1.165, 1.54) is 5.56 Å². The van der Waals surface area contributed by atoms with Crippen LogP contribution in [0.15, 0.2) is 30.7 Å². The van der Waals surface area contributed by atoms with E-state index in [1.54, 1.807) is 6.20 Å². The highest BCUT2D eigenvalue weighted by Gasteiger charge is 2.08. The van der Waals surface area contributed by atoms with Crippen LogP contribution in [0.4, 0.5) is 0 Å². The van der Waals surface area contributed by atoms with Crippen molar-refractivity contribution in [3.63, 3.8) is 0 Å². The highest BCUT2D eigenvalue weighted by Crippen LogP contribution is 2.15. The third kappa shape index (κ3) is 2.91. The molecule has 0 saturated carbocycles. The molecule has 2 aromatic heterocycles. The number of nitrogens with zero attached hydrogens (tertiary/aromatic N) is 3. The Kier molecular flexibility index (Phi) is 3.54. The molecule has 0 spiro atoms. The van der Waals surface area contributed by atoms with E-state index in [4.69, 9.17) is 5.73 Å². The summed E-state index contributed by atoms with van der Waals surface area (Å²) in [5, 5.41) is 4.25. The Hall–Kier alpha value is -1.68. The van der Waals surface area contributed by atoms with Crippen molar-refractivity contribution in [2.45, 2.75) is 32.9 Å². The molecule has 17 heavy (non-hydrogen) atoms. The molecule has 0 aliphatic carbocycles. The minimum Gasteiger partial charge on any atom is -0.324 e. The molecule has 0 saturated heterocycles. The maximum absolute atomic E-state index is 6.18. The zero-order valence-corrected chi connectivity index (χ0v) is 10.3. The van der Waals surface area contributed by atoms with Gasteiger partial charge in [0.05, 0.1) is 6.20 Å². The molecule has 90 valence electrons. The molecule has 0 amide bonds. The van der Waals surface area contributed by atoms with Crippen LogP contribution in [-0.2, 0) is 13.0 Å². The van der Waals surface area contributed by atoms with Crippen molar-refractivity contribution in [1.29, 1.82) is 0 Å². The number of pyridine rings is 1. The van der Waals surface area contributed by atoms with Crippen LogP contribution in [0.5, 0.6) is 0 Å². The Morgan fingerprint density at radius 3 is 2.94 bits per heavy atom. The molecule has 1 unspecified atom stereocenters. The quantitative estimate of drug-likeness (QED) is 0.872. The van der Waals surface area contributed by atoms with Crippen molar-refractivity contribution in [1.82, 2.24) is 14.8 Å². The number of aromatic nitrogens is 3. The fourth-order valence-corrected chi connectivity index (χ4v) is 1.85. The van der Waals surface area contributed by atoms with Gasteiger partial charge in [-0.15, -0.1) is 0 Å². The summed E-state index contributed by atoms with van der Waals surface area (Å²) in [5.41, 5.74) is 9.49. The lowest BCUT2D eigenvalue weighted by Crippen LogP contribution is -2.13. The Morgan fingerprint density at radius 1 is 1.47 bits per heavy atom. The van der Waals surface area contributed by atoms with Crippen molar-refractivity contribution in [2.75, 3.05) is 0 Å². The molecular formula is C13H18N4. The molecule has 2 heterocycles. The zero-order valence-electron chi connectivity index (χ0n) is 10.3. The number of rotatable bonds is 4. The van der Waals surface area contributed by atoms with Crippen LogP contribution >= 0.6 is 0 Å². The Bertz CT molecular complexity index is 490. The second kappa shape index (κ2) is 5.10. The normalized spacial score (nSPS) is 12.6. The van der Waals surface area contributed by atoms with Crippen LogP contribution in [0.1, 0.15) is 29.8 Å². The van der Waals surface area contributed by atoms with Gasteiger partial charge in [0.1, 0.15) is 0 Å². The molecule has 2 N–H and O–H groups in total. The summed E-state index contributed by atoms with van der Waals surface area (Å²) in [6.45, 7) is 4.94. The van der Waals surface area contributed by atoms with Gasteiger partial charge in [0, 0.05) is 30.7 Å². The first-order valence-electron chi connectivity index (χ1n) is 5.88. The summed E-state index contributed by atoms with van der Waals surface area (Å²) in [6, 6.07) is 4.02. The van der Waals surface area contributed by atoms with E-state index in [1.807, 2.05) is 36.1 Å². The number of nitrogens with two attached hydrogens (primary N) is 1. The summed E-state index contributed by atoms with van der Waals surface area (Å²) in [7, 11) is 0. The number of hydrogen-bond donors (Lipinski definition) is 1. The van der Waals surface area contributed by atoms with E-state index in [0.717, 1.165) is 24.2 Å². The lowest BCUT2D eigenvalue weighted by Gasteiger charge is -2.10. The number of aryl methyl sites for hydroxylation is 2. The first kappa shape index (κ1) is 11.8. The van der Waals surface area contributed by atoms with Crippen LogP contribution in [0.25, 0.3) is 0 Å². The molecule has 4 nitrogen and oxygen atoms in total. The molecule has 1 atom stereocenters. The maximum atomic E-state index is 6.18. The molecule has 2 rings (SSSR count). The molecule has 0 radical (unpaired) electrons. The predicted molar refractivity (Wildman–Crippen MR) is 67.5 cm³/mol. The SMILES string of the molecule is CCn1cc(CC(N)c2ccnc(C)c2)cn1. The van der Waals surface area contributed by atoms with Gasteiger partial charge in [-0.2, -0.15) is 5.10 Å². The largest absolute Gasteiger partial charge is 0.324 e. The molecule has 0 aliphatic rings. The van der Waals surface area contributed by atoms with E-state index in [-0.39, 0.29) is 6.04 Å². The first-order valence-corrected chi connectivity index (χ1v) is 5.88. The number of hydrogen-bond acceptors (Lipinski definition) is 3. The Morgan fingerprint density at radius 2 is 2.29 bits per heavy atom. The van der Waals surface area contributed by atoms with Gasteiger partial charge in [0.25, 0.3) is 0 Å². The Balaban J connectivity index is 2.08. The summed E-state index contributed by atoms with van der Waals surface area (Å²) < 4.78 is 1.92.